The Hall–Kier alpha value is -0.630. The summed E-state index contributed by atoms with van der Waals surface area (Å²) < 4.78 is 0. The summed E-state index contributed by atoms with van der Waals surface area (Å²) in [5, 5.41) is 12.2. The molecule has 2 atom stereocenters. The highest BCUT2D eigenvalue weighted by atomic mass is 15.2. The molecular formula is C12H24N4. The smallest absolute Gasteiger partial charge is 0.0638 e. The summed E-state index contributed by atoms with van der Waals surface area (Å²) in [5.74, 6) is 0. The van der Waals surface area contributed by atoms with Gasteiger partial charge in [0.05, 0.1) is 12.5 Å². The summed E-state index contributed by atoms with van der Waals surface area (Å²) in [7, 11) is 4.21. The highest BCUT2D eigenvalue weighted by molar-refractivity contribution is 4.87. The maximum Gasteiger partial charge on any atom is 0.0638 e. The second-order valence-electron chi connectivity index (χ2n) is 4.95. The Morgan fingerprint density at radius 2 is 2.25 bits per heavy atom. The van der Waals surface area contributed by atoms with E-state index in [-0.39, 0.29) is 0 Å². The maximum absolute atomic E-state index is 8.76. The minimum atomic E-state index is 0.345. The van der Waals surface area contributed by atoms with Crippen molar-refractivity contribution < 1.29 is 0 Å². The van der Waals surface area contributed by atoms with Crippen molar-refractivity contribution in [2.24, 2.45) is 0 Å². The first-order valence-electron chi connectivity index (χ1n) is 6.12. The number of nitriles is 1. The second-order valence-corrected chi connectivity index (χ2v) is 4.95. The molecule has 2 unspecified atom stereocenters. The highest BCUT2D eigenvalue weighted by Crippen LogP contribution is 2.10. The van der Waals surface area contributed by atoms with E-state index < -0.39 is 0 Å². The summed E-state index contributed by atoms with van der Waals surface area (Å²) in [4.78, 5) is 4.71. The summed E-state index contributed by atoms with van der Waals surface area (Å²) in [6.07, 6.45) is 1.79. The zero-order valence-corrected chi connectivity index (χ0v) is 10.7. The van der Waals surface area contributed by atoms with Gasteiger partial charge in [0, 0.05) is 31.7 Å². The molecule has 1 aliphatic heterocycles. The van der Waals surface area contributed by atoms with Crippen molar-refractivity contribution in [3.63, 3.8) is 0 Å². The Kier molecular flexibility index (Phi) is 5.75. The number of likely N-dealkylation sites (N-methyl/N-ethyl adjacent to an activating group) is 1. The van der Waals surface area contributed by atoms with E-state index in [0.717, 1.165) is 26.2 Å². The molecule has 1 fully saturated rings. The Bertz CT molecular complexity index is 234. The quantitative estimate of drug-likeness (QED) is 0.756. The zero-order chi connectivity index (χ0) is 12.0. The molecule has 4 heteroatoms. The fourth-order valence-electron chi connectivity index (χ4n) is 2.09. The van der Waals surface area contributed by atoms with Crippen LogP contribution in [0.1, 0.15) is 19.8 Å². The van der Waals surface area contributed by atoms with Gasteiger partial charge in [-0.2, -0.15) is 5.26 Å². The van der Waals surface area contributed by atoms with Crippen LogP contribution in [0.25, 0.3) is 0 Å². The van der Waals surface area contributed by atoms with Crippen LogP contribution < -0.4 is 5.32 Å². The van der Waals surface area contributed by atoms with E-state index >= 15 is 0 Å². The molecule has 0 aromatic heterocycles. The third kappa shape index (κ3) is 4.48. The number of hydrogen-bond acceptors (Lipinski definition) is 4. The number of hydrogen-bond donors (Lipinski definition) is 1. The molecule has 1 heterocycles. The molecule has 4 nitrogen and oxygen atoms in total. The Morgan fingerprint density at radius 3 is 2.88 bits per heavy atom. The topological polar surface area (TPSA) is 42.3 Å². The Balaban J connectivity index is 2.46. The van der Waals surface area contributed by atoms with E-state index in [1.807, 2.05) is 0 Å². The second kappa shape index (κ2) is 6.85. The SMILES string of the molecule is CC1CCNC(CC#N)CN1CCN(C)C. The van der Waals surface area contributed by atoms with Gasteiger partial charge in [-0.3, -0.25) is 4.90 Å². The van der Waals surface area contributed by atoms with Crippen LogP contribution in [0.15, 0.2) is 0 Å². The molecular weight excluding hydrogens is 200 g/mol. The van der Waals surface area contributed by atoms with Gasteiger partial charge in [-0.1, -0.05) is 0 Å². The first-order valence-corrected chi connectivity index (χ1v) is 6.12. The maximum atomic E-state index is 8.76. The standard InChI is InChI=1S/C12H24N4/c1-11-5-7-14-12(4-6-13)10-16(11)9-8-15(2)3/h11-12,14H,4-5,7-10H2,1-3H3. The molecule has 0 bridgehead atoms. The molecule has 0 saturated carbocycles. The van der Waals surface area contributed by atoms with Crippen LogP contribution in [-0.2, 0) is 0 Å². The van der Waals surface area contributed by atoms with Gasteiger partial charge >= 0.3 is 0 Å². The molecule has 1 rings (SSSR count). The zero-order valence-electron chi connectivity index (χ0n) is 10.7. The molecule has 0 spiro atoms. The molecule has 1 N–H and O–H groups in total. The average Bonchev–Trinajstić information content (AvgIpc) is 2.39. The summed E-state index contributed by atoms with van der Waals surface area (Å²) >= 11 is 0. The summed E-state index contributed by atoms with van der Waals surface area (Å²) in [5.41, 5.74) is 0. The normalized spacial score (nSPS) is 27.7. The molecule has 16 heavy (non-hydrogen) atoms. The first kappa shape index (κ1) is 13.4. The molecule has 0 radical (unpaired) electrons. The van der Waals surface area contributed by atoms with Crippen molar-refractivity contribution in [3.8, 4) is 6.07 Å². The minimum absolute atomic E-state index is 0.345. The van der Waals surface area contributed by atoms with Crippen molar-refractivity contribution in [1.82, 2.24) is 15.1 Å². The highest BCUT2D eigenvalue weighted by Gasteiger charge is 2.22. The third-order valence-corrected chi connectivity index (χ3v) is 3.25. The monoisotopic (exact) mass is 224 g/mol. The van der Waals surface area contributed by atoms with Crippen LogP contribution in [0.4, 0.5) is 0 Å². The van der Waals surface area contributed by atoms with Crippen molar-refractivity contribution in [2.75, 3.05) is 40.3 Å². The lowest BCUT2D eigenvalue weighted by atomic mass is 10.2. The van der Waals surface area contributed by atoms with Gasteiger partial charge in [0.25, 0.3) is 0 Å². The number of nitrogens with zero attached hydrogens (tertiary/aromatic N) is 3. The average molecular weight is 224 g/mol. The number of nitrogens with one attached hydrogen (secondary N) is 1. The lowest BCUT2D eigenvalue weighted by Crippen LogP contribution is -2.42. The van der Waals surface area contributed by atoms with Gasteiger partial charge in [0.2, 0.25) is 0 Å². The van der Waals surface area contributed by atoms with Crippen molar-refractivity contribution in [2.45, 2.75) is 31.8 Å². The van der Waals surface area contributed by atoms with E-state index in [1.165, 1.54) is 6.42 Å². The van der Waals surface area contributed by atoms with E-state index in [4.69, 9.17) is 5.26 Å². The van der Waals surface area contributed by atoms with E-state index in [1.54, 1.807) is 0 Å². The lowest BCUT2D eigenvalue weighted by molar-refractivity contribution is 0.185. The molecule has 0 aromatic rings. The van der Waals surface area contributed by atoms with Crippen LogP contribution in [0.3, 0.4) is 0 Å². The van der Waals surface area contributed by atoms with Crippen LogP contribution in [-0.4, -0.2) is 62.2 Å². The van der Waals surface area contributed by atoms with Crippen LogP contribution >= 0.6 is 0 Å². The summed E-state index contributed by atoms with van der Waals surface area (Å²) in [6.45, 7) is 6.50. The fourth-order valence-corrected chi connectivity index (χ4v) is 2.09. The van der Waals surface area contributed by atoms with Crippen LogP contribution in [0.5, 0.6) is 0 Å². The van der Waals surface area contributed by atoms with Gasteiger partial charge in [0.1, 0.15) is 0 Å². The van der Waals surface area contributed by atoms with Crippen molar-refractivity contribution in [1.29, 1.82) is 5.26 Å². The minimum Gasteiger partial charge on any atom is -0.312 e. The van der Waals surface area contributed by atoms with Gasteiger partial charge in [-0.15, -0.1) is 0 Å². The molecule has 1 saturated heterocycles. The van der Waals surface area contributed by atoms with Gasteiger partial charge in [-0.05, 0) is 34.0 Å². The largest absolute Gasteiger partial charge is 0.312 e. The van der Waals surface area contributed by atoms with E-state index in [2.05, 4.69) is 42.2 Å². The molecule has 0 aromatic carbocycles. The molecule has 1 aliphatic rings. The van der Waals surface area contributed by atoms with E-state index in [0.29, 0.717) is 18.5 Å². The van der Waals surface area contributed by atoms with Crippen molar-refractivity contribution in [3.05, 3.63) is 0 Å². The Labute approximate surface area is 99.2 Å². The molecule has 0 amide bonds. The summed E-state index contributed by atoms with van der Waals surface area (Å²) in [6, 6.07) is 3.23. The van der Waals surface area contributed by atoms with Gasteiger partial charge < -0.3 is 10.2 Å². The van der Waals surface area contributed by atoms with Crippen LogP contribution in [0.2, 0.25) is 0 Å². The molecule has 92 valence electrons. The van der Waals surface area contributed by atoms with Gasteiger partial charge in [0.15, 0.2) is 0 Å². The van der Waals surface area contributed by atoms with Crippen molar-refractivity contribution >= 4 is 0 Å². The third-order valence-electron chi connectivity index (χ3n) is 3.25. The van der Waals surface area contributed by atoms with Crippen LogP contribution in [0, 0.1) is 11.3 Å². The first-order chi connectivity index (χ1) is 7.63. The fraction of sp³-hybridized carbons (Fsp3) is 0.917. The predicted octanol–water partition coefficient (Wildman–Crippen LogP) is 0.514. The Morgan fingerprint density at radius 1 is 1.50 bits per heavy atom. The predicted molar refractivity (Wildman–Crippen MR) is 66.2 cm³/mol. The number of rotatable bonds is 4. The van der Waals surface area contributed by atoms with E-state index in [9.17, 15) is 0 Å². The van der Waals surface area contributed by atoms with Gasteiger partial charge in [-0.25, -0.2) is 0 Å². The molecule has 0 aliphatic carbocycles. The lowest BCUT2D eigenvalue weighted by Gasteiger charge is -2.29.